The molecule has 3 heterocycles. The second-order valence-electron chi connectivity index (χ2n) is 4.08. The van der Waals surface area contributed by atoms with E-state index in [-0.39, 0.29) is 5.56 Å². The van der Waals surface area contributed by atoms with Gasteiger partial charge in [-0.25, -0.2) is 0 Å². The molecule has 3 rings (SSSR count). The number of hydrogen-bond acceptors (Lipinski definition) is 4. The van der Waals surface area contributed by atoms with Gasteiger partial charge >= 0.3 is 0 Å². The van der Waals surface area contributed by atoms with Crippen LogP contribution in [-0.4, -0.2) is 19.2 Å². The maximum Gasteiger partial charge on any atom is 0.250 e. The van der Waals surface area contributed by atoms with E-state index < -0.39 is 0 Å². The highest BCUT2D eigenvalue weighted by Gasteiger charge is 2.08. The van der Waals surface area contributed by atoms with Gasteiger partial charge in [0.25, 0.3) is 5.56 Å². The molecular formula is C12H11N5O. The number of anilines is 1. The lowest BCUT2D eigenvalue weighted by molar-refractivity contribution is 0.860. The van der Waals surface area contributed by atoms with Crippen molar-refractivity contribution in [1.29, 1.82) is 0 Å². The first-order valence-corrected chi connectivity index (χ1v) is 5.42. The molecule has 6 heteroatoms. The Balaban J connectivity index is 2.28. The molecule has 0 aliphatic heterocycles. The second kappa shape index (κ2) is 3.69. The van der Waals surface area contributed by atoms with Crippen molar-refractivity contribution >= 4 is 11.3 Å². The van der Waals surface area contributed by atoms with Gasteiger partial charge in [-0.2, -0.15) is 0 Å². The van der Waals surface area contributed by atoms with E-state index >= 15 is 0 Å². The van der Waals surface area contributed by atoms with E-state index in [1.807, 2.05) is 6.07 Å². The number of nitrogens with two attached hydrogens (primary N) is 1. The predicted octanol–water partition coefficient (Wildman–Crippen LogP) is 0.677. The van der Waals surface area contributed by atoms with Crippen LogP contribution in [0, 0.1) is 0 Å². The molecule has 0 spiro atoms. The molecule has 0 amide bonds. The molecule has 0 aliphatic carbocycles. The molecule has 0 atom stereocenters. The van der Waals surface area contributed by atoms with Crippen molar-refractivity contribution in [1.82, 2.24) is 19.2 Å². The number of nitrogen functional groups attached to an aromatic ring is 1. The SMILES string of the molecule is Cn1ccc(-c2nnc3ccc(N)cn23)cc1=O. The molecular weight excluding hydrogens is 230 g/mol. The van der Waals surface area contributed by atoms with Crippen molar-refractivity contribution in [2.75, 3.05) is 5.73 Å². The van der Waals surface area contributed by atoms with Crippen LogP contribution >= 0.6 is 0 Å². The molecule has 0 bridgehead atoms. The van der Waals surface area contributed by atoms with Gasteiger partial charge in [-0.1, -0.05) is 0 Å². The smallest absolute Gasteiger partial charge is 0.250 e. The average Bonchev–Trinajstić information content (AvgIpc) is 2.75. The first kappa shape index (κ1) is 10.5. The Bertz CT molecular complexity index is 787. The van der Waals surface area contributed by atoms with Gasteiger partial charge in [-0.15, -0.1) is 10.2 Å². The number of hydrogen-bond donors (Lipinski definition) is 1. The van der Waals surface area contributed by atoms with Crippen molar-refractivity contribution in [2.24, 2.45) is 7.05 Å². The number of fused-ring (bicyclic) bond motifs is 1. The predicted molar refractivity (Wildman–Crippen MR) is 68.1 cm³/mol. The number of aryl methyl sites for hydroxylation is 1. The summed E-state index contributed by atoms with van der Waals surface area (Å²) in [5.41, 5.74) is 7.68. The van der Waals surface area contributed by atoms with E-state index in [2.05, 4.69) is 10.2 Å². The summed E-state index contributed by atoms with van der Waals surface area (Å²) in [6.07, 6.45) is 3.44. The van der Waals surface area contributed by atoms with Gasteiger partial charge in [-0.05, 0) is 18.2 Å². The fraction of sp³-hybridized carbons (Fsp3) is 0.0833. The Morgan fingerprint density at radius 2 is 2.06 bits per heavy atom. The third-order valence-corrected chi connectivity index (χ3v) is 2.79. The molecule has 2 N–H and O–H groups in total. The highest BCUT2D eigenvalue weighted by atomic mass is 16.1. The normalized spacial score (nSPS) is 10.9. The molecule has 3 aromatic rings. The van der Waals surface area contributed by atoms with Crippen molar-refractivity contribution in [3.63, 3.8) is 0 Å². The van der Waals surface area contributed by atoms with Crippen molar-refractivity contribution in [3.05, 3.63) is 47.0 Å². The van der Waals surface area contributed by atoms with Crippen LogP contribution in [0.2, 0.25) is 0 Å². The summed E-state index contributed by atoms with van der Waals surface area (Å²) in [6.45, 7) is 0. The molecule has 18 heavy (non-hydrogen) atoms. The van der Waals surface area contributed by atoms with Crippen LogP contribution in [0.5, 0.6) is 0 Å². The van der Waals surface area contributed by atoms with Gasteiger partial charge in [0.05, 0.1) is 0 Å². The van der Waals surface area contributed by atoms with Crippen molar-refractivity contribution < 1.29 is 0 Å². The van der Waals surface area contributed by atoms with Gasteiger partial charge in [0.15, 0.2) is 11.5 Å². The zero-order valence-corrected chi connectivity index (χ0v) is 9.74. The number of aromatic nitrogens is 4. The molecule has 0 saturated carbocycles. The van der Waals surface area contributed by atoms with E-state index in [0.717, 1.165) is 5.56 Å². The fourth-order valence-electron chi connectivity index (χ4n) is 1.79. The Morgan fingerprint density at radius 3 is 2.83 bits per heavy atom. The van der Waals surface area contributed by atoms with E-state index in [9.17, 15) is 4.79 Å². The molecule has 0 fully saturated rings. The summed E-state index contributed by atoms with van der Waals surface area (Å²) in [4.78, 5) is 11.6. The summed E-state index contributed by atoms with van der Waals surface area (Å²) in [7, 11) is 1.70. The maximum absolute atomic E-state index is 11.6. The molecule has 90 valence electrons. The van der Waals surface area contributed by atoms with E-state index in [0.29, 0.717) is 17.2 Å². The molecule has 0 aromatic carbocycles. The maximum atomic E-state index is 11.6. The van der Waals surface area contributed by atoms with Gasteiger partial charge in [0.1, 0.15) is 0 Å². The van der Waals surface area contributed by atoms with Crippen LogP contribution in [-0.2, 0) is 7.05 Å². The minimum atomic E-state index is -0.0897. The Morgan fingerprint density at radius 1 is 1.22 bits per heavy atom. The molecule has 6 nitrogen and oxygen atoms in total. The molecule has 3 aromatic heterocycles. The van der Waals surface area contributed by atoms with Crippen LogP contribution in [0.15, 0.2) is 41.5 Å². The third-order valence-electron chi connectivity index (χ3n) is 2.79. The minimum Gasteiger partial charge on any atom is -0.398 e. The number of nitrogens with zero attached hydrogens (tertiary/aromatic N) is 4. The number of rotatable bonds is 1. The second-order valence-corrected chi connectivity index (χ2v) is 4.08. The van der Waals surface area contributed by atoms with Gasteiger partial charge < -0.3 is 10.3 Å². The largest absolute Gasteiger partial charge is 0.398 e. The van der Waals surface area contributed by atoms with Crippen molar-refractivity contribution in [2.45, 2.75) is 0 Å². The Labute approximate surface area is 102 Å². The lowest BCUT2D eigenvalue weighted by Gasteiger charge is -2.02. The Kier molecular flexibility index (Phi) is 2.16. The first-order valence-electron chi connectivity index (χ1n) is 5.42. The lowest BCUT2D eigenvalue weighted by atomic mass is 10.2. The summed E-state index contributed by atoms with van der Waals surface area (Å²) in [5.74, 6) is 0.606. The van der Waals surface area contributed by atoms with E-state index in [1.165, 1.54) is 10.6 Å². The molecule has 0 unspecified atom stereocenters. The molecule has 0 saturated heterocycles. The molecule has 0 aliphatic rings. The third kappa shape index (κ3) is 1.55. The van der Waals surface area contributed by atoms with Crippen LogP contribution < -0.4 is 11.3 Å². The molecule has 0 radical (unpaired) electrons. The monoisotopic (exact) mass is 241 g/mol. The quantitative estimate of drug-likeness (QED) is 0.679. The fourth-order valence-corrected chi connectivity index (χ4v) is 1.79. The Hall–Kier alpha value is -2.63. The highest BCUT2D eigenvalue weighted by molar-refractivity contribution is 5.60. The van der Waals surface area contributed by atoms with E-state index in [1.54, 1.807) is 36.0 Å². The van der Waals surface area contributed by atoms with Gasteiger partial charge in [-0.3, -0.25) is 9.20 Å². The summed E-state index contributed by atoms with van der Waals surface area (Å²) >= 11 is 0. The van der Waals surface area contributed by atoms with E-state index in [4.69, 9.17) is 5.73 Å². The van der Waals surface area contributed by atoms with Gasteiger partial charge in [0.2, 0.25) is 0 Å². The standard InChI is InChI=1S/C12H11N5O/c1-16-5-4-8(6-11(16)18)12-15-14-10-3-2-9(13)7-17(10)12/h2-7H,13H2,1H3. The summed E-state index contributed by atoms with van der Waals surface area (Å²) in [5, 5.41) is 8.12. The van der Waals surface area contributed by atoms with Crippen LogP contribution in [0.3, 0.4) is 0 Å². The van der Waals surface area contributed by atoms with Gasteiger partial charge in [0, 0.05) is 36.8 Å². The zero-order valence-electron chi connectivity index (χ0n) is 9.74. The summed E-state index contributed by atoms with van der Waals surface area (Å²) in [6, 6.07) is 6.89. The van der Waals surface area contributed by atoms with Crippen LogP contribution in [0.4, 0.5) is 5.69 Å². The van der Waals surface area contributed by atoms with Crippen molar-refractivity contribution in [3.8, 4) is 11.4 Å². The zero-order chi connectivity index (χ0) is 12.7. The minimum absolute atomic E-state index is 0.0897. The highest BCUT2D eigenvalue weighted by Crippen LogP contribution is 2.17. The lowest BCUT2D eigenvalue weighted by Crippen LogP contribution is -2.14. The first-order chi connectivity index (χ1) is 8.65. The van der Waals surface area contributed by atoms with Crippen LogP contribution in [0.1, 0.15) is 0 Å². The average molecular weight is 241 g/mol. The van der Waals surface area contributed by atoms with Crippen LogP contribution in [0.25, 0.3) is 17.0 Å². The topological polar surface area (TPSA) is 78.2 Å². The number of pyridine rings is 2. The summed E-state index contributed by atoms with van der Waals surface area (Å²) < 4.78 is 3.27.